The van der Waals surface area contributed by atoms with Crippen molar-refractivity contribution in [3.05, 3.63) is 60.2 Å². The molecule has 0 aromatic heterocycles. The first-order valence-corrected chi connectivity index (χ1v) is 14.3. The van der Waals surface area contributed by atoms with Crippen LogP contribution in [-0.2, 0) is 10.3 Å². The Morgan fingerprint density at radius 3 is 2.61 bits per heavy atom. The van der Waals surface area contributed by atoms with Crippen molar-refractivity contribution in [1.82, 2.24) is 15.5 Å². The minimum Gasteiger partial charge on any atom is -0.457 e. The van der Waals surface area contributed by atoms with Crippen molar-refractivity contribution in [1.29, 1.82) is 0 Å². The molecule has 38 heavy (non-hydrogen) atoms. The van der Waals surface area contributed by atoms with Crippen LogP contribution in [0.1, 0.15) is 56.9 Å². The summed E-state index contributed by atoms with van der Waals surface area (Å²) in [5.74, 6) is 2.03. The summed E-state index contributed by atoms with van der Waals surface area (Å²) < 4.78 is 11.6. The van der Waals surface area contributed by atoms with Gasteiger partial charge in [-0.25, -0.2) is 4.79 Å². The van der Waals surface area contributed by atoms with Crippen LogP contribution < -0.4 is 15.4 Å². The highest BCUT2D eigenvalue weighted by Crippen LogP contribution is 2.44. The molecule has 1 unspecified atom stereocenters. The van der Waals surface area contributed by atoms with E-state index in [9.17, 15) is 9.90 Å². The van der Waals surface area contributed by atoms with Crippen LogP contribution in [0.4, 0.5) is 4.79 Å². The molecular formula is C31H45N3O4. The summed E-state index contributed by atoms with van der Waals surface area (Å²) in [5, 5.41) is 19.0. The van der Waals surface area contributed by atoms with Crippen LogP contribution in [0, 0.1) is 11.8 Å². The zero-order chi connectivity index (χ0) is 26.8. The number of urea groups is 1. The van der Waals surface area contributed by atoms with Gasteiger partial charge in [-0.05, 0) is 69.7 Å². The summed E-state index contributed by atoms with van der Waals surface area (Å²) in [6.45, 7) is 2.65. The number of piperidine rings is 1. The van der Waals surface area contributed by atoms with Crippen molar-refractivity contribution in [2.75, 3.05) is 40.4 Å². The first-order valence-electron chi connectivity index (χ1n) is 14.3. The lowest BCUT2D eigenvalue weighted by atomic mass is 9.73. The molecular weight excluding hydrogens is 478 g/mol. The Hall–Kier alpha value is -2.61. The topological polar surface area (TPSA) is 83.1 Å². The molecule has 2 aromatic rings. The Balaban J connectivity index is 1.54. The van der Waals surface area contributed by atoms with E-state index in [2.05, 4.69) is 10.6 Å². The Morgan fingerprint density at radius 1 is 1.11 bits per heavy atom. The van der Waals surface area contributed by atoms with E-state index in [1.54, 1.807) is 7.11 Å². The van der Waals surface area contributed by atoms with Gasteiger partial charge in [0.25, 0.3) is 0 Å². The summed E-state index contributed by atoms with van der Waals surface area (Å²) in [5.41, 5.74) is -0.341. The zero-order valence-electron chi connectivity index (χ0n) is 23.0. The Bertz CT molecular complexity index is 1000. The molecule has 4 rings (SSSR count). The predicted molar refractivity (Wildman–Crippen MR) is 150 cm³/mol. The number of nitrogens with one attached hydrogen (secondary N) is 2. The lowest BCUT2D eigenvalue weighted by Crippen LogP contribution is -2.53. The third kappa shape index (κ3) is 7.71. The van der Waals surface area contributed by atoms with E-state index in [1.165, 1.54) is 12.8 Å². The van der Waals surface area contributed by atoms with E-state index >= 15 is 0 Å². The molecule has 0 spiro atoms. The fourth-order valence-electron chi connectivity index (χ4n) is 5.74. The Morgan fingerprint density at radius 2 is 1.87 bits per heavy atom. The quantitative estimate of drug-likeness (QED) is 0.293. The van der Waals surface area contributed by atoms with E-state index in [0.29, 0.717) is 31.9 Å². The van der Waals surface area contributed by atoms with Gasteiger partial charge in [-0.3, -0.25) is 0 Å². The van der Waals surface area contributed by atoms with Crippen molar-refractivity contribution in [3.63, 3.8) is 0 Å². The zero-order valence-corrected chi connectivity index (χ0v) is 23.0. The lowest BCUT2D eigenvalue weighted by molar-refractivity contribution is -0.0575. The number of unbranched alkanes of at least 4 members (excludes halogenated alkanes) is 1. The molecule has 208 valence electrons. The number of carbonyl (C=O) groups excluding carboxylic acids is 1. The monoisotopic (exact) mass is 523 g/mol. The highest BCUT2D eigenvalue weighted by Gasteiger charge is 2.43. The fraction of sp³-hybridized carbons (Fsp3) is 0.581. The SMILES string of the molecule is CNCC(CC1CC1)NC(=O)N1CCC[C@@H]([C@@](O)(CCCCOC)c2ccccc2Oc2ccccc2)C1. The molecule has 3 atom stereocenters. The summed E-state index contributed by atoms with van der Waals surface area (Å²) >= 11 is 0. The average molecular weight is 524 g/mol. The molecule has 2 fully saturated rings. The van der Waals surface area contributed by atoms with Crippen LogP contribution in [0.3, 0.4) is 0 Å². The fourth-order valence-corrected chi connectivity index (χ4v) is 5.74. The summed E-state index contributed by atoms with van der Waals surface area (Å²) in [6, 6.07) is 17.6. The van der Waals surface area contributed by atoms with Gasteiger partial charge < -0.3 is 30.1 Å². The number of aliphatic hydroxyl groups is 1. The van der Waals surface area contributed by atoms with Gasteiger partial charge in [0.1, 0.15) is 11.5 Å². The number of benzene rings is 2. The van der Waals surface area contributed by atoms with Gasteiger partial charge in [0.2, 0.25) is 0 Å². The van der Waals surface area contributed by atoms with Crippen molar-refractivity contribution in [2.45, 2.75) is 63.0 Å². The maximum Gasteiger partial charge on any atom is 0.317 e. The van der Waals surface area contributed by atoms with Crippen molar-refractivity contribution in [2.24, 2.45) is 11.8 Å². The summed E-state index contributed by atoms with van der Waals surface area (Å²) in [6.07, 6.45) is 7.53. The van der Waals surface area contributed by atoms with Crippen molar-refractivity contribution >= 4 is 6.03 Å². The van der Waals surface area contributed by atoms with Gasteiger partial charge in [0.15, 0.2) is 0 Å². The standard InChI is InChI=1S/C31H45N3O4/c1-32-22-26(21-24-16-17-24)33-30(35)34-19-10-11-25(23-34)31(36,18-8-9-20-37-2)28-14-6-7-15-29(28)38-27-12-4-3-5-13-27/h3-7,12-15,24-26,32,36H,8-11,16-23H2,1-2H3,(H,33,35)/t25-,26?,31+/m1/s1. The van der Waals surface area contributed by atoms with Gasteiger partial charge in [-0.1, -0.05) is 49.2 Å². The molecule has 1 aliphatic carbocycles. The van der Waals surface area contributed by atoms with Crippen LogP contribution >= 0.6 is 0 Å². The second-order valence-electron chi connectivity index (χ2n) is 11.0. The molecule has 1 heterocycles. The van der Waals surface area contributed by atoms with Crippen LogP contribution in [-0.4, -0.2) is 62.5 Å². The van der Waals surface area contributed by atoms with Crippen molar-refractivity contribution in [3.8, 4) is 11.5 Å². The summed E-state index contributed by atoms with van der Waals surface area (Å²) in [4.78, 5) is 15.3. The number of likely N-dealkylation sites (N-methyl/N-ethyl adjacent to an activating group) is 1. The largest absolute Gasteiger partial charge is 0.457 e. The normalized spacial score (nSPS) is 20.0. The molecule has 3 N–H and O–H groups in total. The van der Waals surface area contributed by atoms with Crippen LogP contribution in [0.2, 0.25) is 0 Å². The van der Waals surface area contributed by atoms with Gasteiger partial charge >= 0.3 is 6.03 Å². The Labute approximate surface area is 227 Å². The van der Waals surface area contributed by atoms with Gasteiger partial charge in [-0.2, -0.15) is 0 Å². The van der Waals surface area contributed by atoms with E-state index in [-0.39, 0.29) is 18.0 Å². The number of carbonyl (C=O) groups is 1. The molecule has 7 nitrogen and oxygen atoms in total. The maximum absolute atomic E-state index is 13.4. The number of nitrogens with zero attached hydrogens (tertiary/aromatic N) is 1. The minimum absolute atomic E-state index is 0.0221. The molecule has 1 aliphatic heterocycles. The van der Waals surface area contributed by atoms with Crippen LogP contribution in [0.5, 0.6) is 11.5 Å². The molecule has 0 bridgehead atoms. The minimum atomic E-state index is -1.13. The van der Waals surface area contributed by atoms with E-state index in [4.69, 9.17) is 9.47 Å². The predicted octanol–water partition coefficient (Wildman–Crippen LogP) is 5.29. The highest BCUT2D eigenvalue weighted by molar-refractivity contribution is 5.74. The number of rotatable bonds is 14. The third-order valence-electron chi connectivity index (χ3n) is 7.96. The average Bonchev–Trinajstić information content (AvgIpc) is 3.76. The van der Waals surface area contributed by atoms with Crippen LogP contribution in [0.15, 0.2) is 54.6 Å². The second-order valence-corrected chi connectivity index (χ2v) is 11.0. The molecule has 2 aromatic carbocycles. The number of hydrogen-bond donors (Lipinski definition) is 3. The molecule has 2 amide bonds. The van der Waals surface area contributed by atoms with Gasteiger partial charge in [0, 0.05) is 50.9 Å². The number of amides is 2. The number of hydrogen-bond acceptors (Lipinski definition) is 5. The third-order valence-corrected chi connectivity index (χ3v) is 7.96. The number of likely N-dealkylation sites (tertiary alicyclic amines) is 1. The molecule has 7 heteroatoms. The number of para-hydroxylation sites is 2. The first-order chi connectivity index (χ1) is 18.5. The van der Waals surface area contributed by atoms with Gasteiger partial charge in [0.05, 0.1) is 5.60 Å². The maximum atomic E-state index is 13.4. The summed E-state index contributed by atoms with van der Waals surface area (Å²) in [7, 11) is 3.64. The van der Waals surface area contributed by atoms with Crippen LogP contribution in [0.25, 0.3) is 0 Å². The van der Waals surface area contributed by atoms with E-state index in [0.717, 1.165) is 55.9 Å². The highest BCUT2D eigenvalue weighted by atomic mass is 16.5. The molecule has 2 aliphatic rings. The van der Waals surface area contributed by atoms with E-state index < -0.39 is 5.60 Å². The second kappa shape index (κ2) is 14.0. The first kappa shape index (κ1) is 28.4. The van der Waals surface area contributed by atoms with Gasteiger partial charge in [-0.15, -0.1) is 0 Å². The van der Waals surface area contributed by atoms with Crippen molar-refractivity contribution < 1.29 is 19.4 Å². The Kier molecular flexibility index (Phi) is 10.4. The lowest BCUT2D eigenvalue weighted by Gasteiger charge is -2.43. The molecule has 1 saturated heterocycles. The molecule has 1 saturated carbocycles. The molecule has 0 radical (unpaired) electrons. The van der Waals surface area contributed by atoms with E-state index in [1.807, 2.05) is 66.5 Å². The smallest absolute Gasteiger partial charge is 0.317 e. The number of ether oxygens (including phenoxy) is 2. The number of methoxy groups -OCH3 is 1.